The third kappa shape index (κ3) is 6.56. The van der Waals surface area contributed by atoms with E-state index in [2.05, 4.69) is 10.5 Å². The first kappa shape index (κ1) is 25.2. The fraction of sp³-hybridized carbons (Fsp3) is 0.200. The van der Waals surface area contributed by atoms with E-state index in [-0.39, 0.29) is 12.5 Å². The minimum absolute atomic E-state index is 0.251. The summed E-state index contributed by atoms with van der Waals surface area (Å²) < 4.78 is 22.0. The molecule has 0 atom stereocenters. The molecule has 0 aromatic heterocycles. The first-order chi connectivity index (χ1) is 16.4. The molecule has 7 nitrogen and oxygen atoms in total. The number of hydrogen-bond acceptors (Lipinski definition) is 6. The van der Waals surface area contributed by atoms with Gasteiger partial charge in [0.2, 0.25) is 0 Å². The molecular weight excluding hydrogens is 479 g/mol. The number of nitrogens with one attached hydrogen (secondary N) is 1. The zero-order chi connectivity index (χ0) is 24.5. The maximum Gasteiger partial charge on any atom is 0.271 e. The number of ether oxygens (including phenoxy) is 4. The summed E-state index contributed by atoms with van der Waals surface area (Å²) in [6.45, 7) is 2.56. The Hall–Kier alpha value is -3.42. The number of methoxy groups -OCH3 is 2. The Bertz CT molecular complexity index is 1180. The van der Waals surface area contributed by atoms with E-state index in [4.69, 9.17) is 42.1 Å². The highest BCUT2D eigenvalue weighted by atomic mass is 35.5. The minimum Gasteiger partial charge on any atom is -0.493 e. The van der Waals surface area contributed by atoms with Gasteiger partial charge in [-0.3, -0.25) is 4.79 Å². The number of halogens is 2. The predicted octanol–water partition coefficient (Wildman–Crippen LogP) is 5.75. The van der Waals surface area contributed by atoms with Gasteiger partial charge < -0.3 is 18.9 Å². The SMILES string of the molecule is CCOc1cc(C(=O)N/N=C/c2ccc(OCc3ccc(Cl)cc3Cl)c(OC)c2)ccc1OC. The quantitative estimate of drug-likeness (QED) is 0.282. The van der Waals surface area contributed by atoms with Crippen LogP contribution in [0, 0.1) is 0 Å². The number of carbonyl (C=O) groups is 1. The molecule has 0 aliphatic rings. The average molecular weight is 503 g/mol. The number of nitrogens with zero attached hydrogens (tertiary/aromatic N) is 1. The van der Waals surface area contributed by atoms with Gasteiger partial charge in [-0.1, -0.05) is 29.3 Å². The normalized spacial score (nSPS) is 10.7. The molecule has 0 saturated heterocycles. The van der Waals surface area contributed by atoms with E-state index in [0.29, 0.717) is 50.8 Å². The largest absolute Gasteiger partial charge is 0.493 e. The lowest BCUT2D eigenvalue weighted by Gasteiger charge is -2.12. The van der Waals surface area contributed by atoms with Crippen LogP contribution in [0.3, 0.4) is 0 Å². The summed E-state index contributed by atoms with van der Waals surface area (Å²) >= 11 is 12.1. The zero-order valence-corrected chi connectivity index (χ0v) is 20.4. The molecule has 0 bridgehead atoms. The monoisotopic (exact) mass is 502 g/mol. The highest BCUT2D eigenvalue weighted by molar-refractivity contribution is 6.35. The van der Waals surface area contributed by atoms with Crippen LogP contribution in [0.25, 0.3) is 0 Å². The molecule has 34 heavy (non-hydrogen) atoms. The number of rotatable bonds is 10. The first-order valence-corrected chi connectivity index (χ1v) is 11.1. The van der Waals surface area contributed by atoms with Crippen LogP contribution in [0.4, 0.5) is 0 Å². The molecule has 1 N–H and O–H groups in total. The number of carbonyl (C=O) groups excluding carboxylic acids is 1. The van der Waals surface area contributed by atoms with Gasteiger partial charge in [-0.15, -0.1) is 0 Å². The molecule has 0 aliphatic carbocycles. The molecule has 9 heteroatoms. The second-order valence-corrected chi connectivity index (χ2v) is 7.78. The predicted molar refractivity (Wildman–Crippen MR) is 133 cm³/mol. The molecule has 0 unspecified atom stereocenters. The number of benzene rings is 3. The molecule has 0 fully saturated rings. The number of hydrazone groups is 1. The van der Waals surface area contributed by atoms with E-state index in [9.17, 15) is 4.79 Å². The second kappa shape index (κ2) is 12.2. The van der Waals surface area contributed by atoms with E-state index < -0.39 is 0 Å². The van der Waals surface area contributed by atoms with Gasteiger partial charge in [-0.05, 0) is 61.0 Å². The van der Waals surface area contributed by atoms with Crippen LogP contribution in [0.15, 0.2) is 59.7 Å². The lowest BCUT2D eigenvalue weighted by Crippen LogP contribution is -2.17. The topological polar surface area (TPSA) is 78.4 Å². The van der Waals surface area contributed by atoms with Gasteiger partial charge in [0, 0.05) is 21.2 Å². The summed E-state index contributed by atoms with van der Waals surface area (Å²) in [6.07, 6.45) is 1.51. The van der Waals surface area contributed by atoms with Crippen molar-refractivity contribution < 1.29 is 23.7 Å². The van der Waals surface area contributed by atoms with Crippen LogP contribution in [-0.2, 0) is 6.61 Å². The van der Waals surface area contributed by atoms with Gasteiger partial charge in [0.25, 0.3) is 5.91 Å². The van der Waals surface area contributed by atoms with Crippen LogP contribution in [0.2, 0.25) is 10.0 Å². The summed E-state index contributed by atoms with van der Waals surface area (Å²) in [6, 6.07) is 15.4. The Morgan fingerprint density at radius 1 is 0.912 bits per heavy atom. The fourth-order valence-corrected chi connectivity index (χ4v) is 3.46. The van der Waals surface area contributed by atoms with Gasteiger partial charge in [0.15, 0.2) is 23.0 Å². The zero-order valence-electron chi connectivity index (χ0n) is 18.9. The second-order valence-electron chi connectivity index (χ2n) is 6.93. The number of hydrogen-bond donors (Lipinski definition) is 1. The maximum atomic E-state index is 12.5. The van der Waals surface area contributed by atoms with Crippen LogP contribution in [0.1, 0.15) is 28.4 Å². The summed E-state index contributed by atoms with van der Waals surface area (Å²) in [7, 11) is 3.08. The summed E-state index contributed by atoms with van der Waals surface area (Å²) in [5.74, 6) is 1.70. The third-order valence-corrected chi connectivity index (χ3v) is 5.28. The van der Waals surface area contributed by atoms with E-state index in [1.807, 2.05) is 6.92 Å². The van der Waals surface area contributed by atoms with Crippen molar-refractivity contribution in [3.63, 3.8) is 0 Å². The Labute approximate surface area is 208 Å². The lowest BCUT2D eigenvalue weighted by atomic mass is 10.2. The Morgan fingerprint density at radius 3 is 2.38 bits per heavy atom. The molecule has 178 valence electrons. The van der Waals surface area contributed by atoms with Crippen LogP contribution in [0.5, 0.6) is 23.0 Å². The van der Waals surface area contributed by atoms with E-state index in [1.54, 1.807) is 68.8 Å². The van der Waals surface area contributed by atoms with Crippen LogP contribution in [-0.4, -0.2) is 32.9 Å². The van der Waals surface area contributed by atoms with Crippen molar-refractivity contribution >= 4 is 35.3 Å². The molecule has 0 aliphatic heterocycles. The molecule has 3 rings (SSSR count). The summed E-state index contributed by atoms with van der Waals surface area (Å²) in [5.41, 5.74) is 4.40. The van der Waals surface area contributed by atoms with Gasteiger partial charge >= 0.3 is 0 Å². The van der Waals surface area contributed by atoms with Crippen LogP contribution >= 0.6 is 23.2 Å². The van der Waals surface area contributed by atoms with Crippen LogP contribution < -0.4 is 24.4 Å². The number of amides is 1. The van der Waals surface area contributed by atoms with Crippen molar-refractivity contribution in [1.29, 1.82) is 0 Å². The van der Waals surface area contributed by atoms with E-state index >= 15 is 0 Å². The van der Waals surface area contributed by atoms with Gasteiger partial charge in [-0.25, -0.2) is 5.43 Å². The highest BCUT2D eigenvalue weighted by Crippen LogP contribution is 2.30. The minimum atomic E-state index is -0.383. The van der Waals surface area contributed by atoms with Crippen molar-refractivity contribution in [3.05, 3.63) is 81.3 Å². The van der Waals surface area contributed by atoms with Gasteiger partial charge in [0.1, 0.15) is 6.61 Å². The van der Waals surface area contributed by atoms with Crippen molar-refractivity contribution in [1.82, 2.24) is 5.43 Å². The molecule has 0 saturated carbocycles. The maximum absolute atomic E-state index is 12.5. The lowest BCUT2D eigenvalue weighted by molar-refractivity contribution is 0.0954. The molecule has 0 radical (unpaired) electrons. The Balaban J connectivity index is 1.64. The smallest absolute Gasteiger partial charge is 0.271 e. The van der Waals surface area contributed by atoms with Crippen molar-refractivity contribution in [2.24, 2.45) is 5.10 Å². The summed E-state index contributed by atoms with van der Waals surface area (Å²) in [5, 5.41) is 5.12. The molecule has 3 aromatic rings. The molecular formula is C25H24Cl2N2O5. The Morgan fingerprint density at radius 2 is 1.68 bits per heavy atom. The average Bonchev–Trinajstić information content (AvgIpc) is 2.84. The molecule has 0 spiro atoms. The van der Waals surface area contributed by atoms with Gasteiger partial charge in [0.05, 0.1) is 27.0 Å². The molecule has 0 heterocycles. The highest BCUT2D eigenvalue weighted by Gasteiger charge is 2.11. The van der Waals surface area contributed by atoms with E-state index in [1.165, 1.54) is 6.21 Å². The molecule has 3 aromatic carbocycles. The third-order valence-electron chi connectivity index (χ3n) is 4.69. The van der Waals surface area contributed by atoms with E-state index in [0.717, 1.165) is 5.56 Å². The standard InChI is InChI=1S/C25H24Cl2N2O5/c1-4-33-24-12-17(7-10-21(24)31-2)25(30)29-28-14-16-5-9-22(23(11-16)32-3)34-15-18-6-8-19(26)13-20(18)27/h5-14H,4,15H2,1-3H3,(H,29,30)/b28-14+. The Kier molecular flexibility index (Phi) is 9.01. The first-order valence-electron chi connectivity index (χ1n) is 10.3. The fourth-order valence-electron chi connectivity index (χ4n) is 2.99. The summed E-state index contributed by atoms with van der Waals surface area (Å²) in [4.78, 5) is 12.5. The van der Waals surface area contributed by atoms with Crippen molar-refractivity contribution in [2.75, 3.05) is 20.8 Å². The van der Waals surface area contributed by atoms with Crippen molar-refractivity contribution in [2.45, 2.75) is 13.5 Å². The molecule has 1 amide bonds. The van der Waals surface area contributed by atoms with Gasteiger partial charge in [-0.2, -0.15) is 5.10 Å². The van der Waals surface area contributed by atoms with Crippen molar-refractivity contribution in [3.8, 4) is 23.0 Å².